The normalized spacial score (nSPS) is 12.0. The van der Waals surface area contributed by atoms with Crippen LogP contribution in [0.5, 0.6) is 17.2 Å². The van der Waals surface area contributed by atoms with Gasteiger partial charge in [-0.3, -0.25) is 4.79 Å². The van der Waals surface area contributed by atoms with Crippen molar-refractivity contribution in [1.82, 2.24) is 0 Å². The smallest absolute Gasteiger partial charge is 0.320 e. The van der Waals surface area contributed by atoms with Crippen LogP contribution in [0.2, 0.25) is 0 Å². The Labute approximate surface area is 193 Å². The van der Waals surface area contributed by atoms with Crippen molar-refractivity contribution in [2.24, 2.45) is 5.73 Å². The van der Waals surface area contributed by atoms with Crippen molar-refractivity contribution in [3.63, 3.8) is 0 Å². The number of carboxylic acids is 1. The average Bonchev–Trinajstić information content (AvgIpc) is 2.53. The first kappa shape index (κ1) is 20.7. The van der Waals surface area contributed by atoms with Crippen molar-refractivity contribution in [2.45, 2.75) is 12.5 Å². The molecule has 0 saturated carbocycles. The van der Waals surface area contributed by atoms with E-state index < -0.39 is 12.0 Å². The number of carbonyl (C=O) groups is 1. The molecule has 0 aliphatic carbocycles. The molecule has 0 amide bonds. The summed E-state index contributed by atoms with van der Waals surface area (Å²) in [5.74, 6) is 0.320. The lowest BCUT2D eigenvalue weighted by molar-refractivity contribution is -0.138. The highest BCUT2D eigenvalue weighted by atomic mass is 127. The molecule has 0 aromatic heterocycles. The van der Waals surface area contributed by atoms with Crippen LogP contribution in [0.4, 0.5) is 0 Å². The number of phenolic OH excluding ortho intramolecular Hbond substituents is 1. The molecule has 0 aliphatic rings. The second-order valence-electron chi connectivity index (χ2n) is 4.81. The molecule has 128 valence electrons. The third kappa shape index (κ3) is 4.76. The van der Waals surface area contributed by atoms with Gasteiger partial charge in [0.25, 0.3) is 0 Å². The van der Waals surface area contributed by atoms with Gasteiger partial charge in [-0.25, -0.2) is 0 Å². The number of aliphatic carboxylic acids is 1. The summed E-state index contributed by atoms with van der Waals surface area (Å²) in [7, 11) is 0. The summed E-state index contributed by atoms with van der Waals surface area (Å²) in [5, 5.41) is 19.1. The third-order valence-corrected chi connectivity index (χ3v) is 7.07. The number of rotatable bonds is 5. The van der Waals surface area contributed by atoms with Crippen LogP contribution >= 0.6 is 90.4 Å². The second kappa shape index (κ2) is 8.85. The van der Waals surface area contributed by atoms with Crippen molar-refractivity contribution in [3.8, 4) is 17.2 Å². The molecule has 1 atom stereocenters. The Morgan fingerprint density at radius 1 is 1.08 bits per heavy atom. The van der Waals surface area contributed by atoms with Crippen LogP contribution in [-0.2, 0) is 11.2 Å². The van der Waals surface area contributed by atoms with Crippen molar-refractivity contribution < 1.29 is 19.7 Å². The number of benzene rings is 2. The largest absolute Gasteiger partial charge is 0.506 e. The number of hydrogen-bond acceptors (Lipinski definition) is 4. The summed E-state index contributed by atoms with van der Waals surface area (Å²) in [5.41, 5.74) is 6.45. The Balaban J connectivity index is 2.40. The Hall–Kier alpha value is 0.390. The number of ether oxygens (including phenoxy) is 1. The number of hydrogen-bond donors (Lipinski definition) is 3. The first-order valence-electron chi connectivity index (χ1n) is 6.52. The highest BCUT2D eigenvalue weighted by Gasteiger charge is 2.19. The van der Waals surface area contributed by atoms with Crippen LogP contribution in [0.25, 0.3) is 0 Å². The van der Waals surface area contributed by atoms with E-state index in [2.05, 4.69) is 67.8 Å². The standard InChI is InChI=1S/C15H11I4NO4/c16-7-3-4-10(12(19)13(7)21)24-14-8(17)2-1-6(11(14)18)5-9(20)15(22)23/h1-4,9,21H,5,20H2,(H,22,23)/t9-/m0/s1. The van der Waals surface area contributed by atoms with Crippen LogP contribution in [-0.4, -0.2) is 22.2 Å². The van der Waals surface area contributed by atoms with Crippen LogP contribution in [0, 0.1) is 14.3 Å². The maximum absolute atomic E-state index is 11.0. The molecule has 0 fully saturated rings. The zero-order valence-electron chi connectivity index (χ0n) is 11.9. The summed E-state index contributed by atoms with van der Waals surface area (Å²) in [6.45, 7) is 0. The second-order valence-corrected chi connectivity index (χ2v) is 9.29. The van der Waals surface area contributed by atoms with E-state index >= 15 is 0 Å². The number of nitrogens with two attached hydrogens (primary N) is 1. The van der Waals surface area contributed by atoms with Gasteiger partial charge in [-0.05, 0) is 121 Å². The molecule has 24 heavy (non-hydrogen) atoms. The number of halogens is 4. The quantitative estimate of drug-likeness (QED) is 0.388. The molecule has 0 bridgehead atoms. The molecule has 0 radical (unpaired) electrons. The van der Waals surface area contributed by atoms with E-state index in [9.17, 15) is 9.90 Å². The minimum atomic E-state index is -1.04. The predicted octanol–water partition coefficient (Wildman–Crippen LogP) is 4.56. The fourth-order valence-corrected chi connectivity index (χ4v) is 5.28. The molecule has 0 aliphatic heterocycles. The summed E-state index contributed by atoms with van der Waals surface area (Å²) in [6.07, 6.45) is 0.218. The highest BCUT2D eigenvalue weighted by Crippen LogP contribution is 2.39. The molecule has 0 unspecified atom stereocenters. The topological polar surface area (TPSA) is 92.8 Å². The van der Waals surface area contributed by atoms with Gasteiger partial charge in [0.2, 0.25) is 0 Å². The van der Waals surface area contributed by atoms with Gasteiger partial charge in [-0.2, -0.15) is 0 Å². The van der Waals surface area contributed by atoms with Crippen LogP contribution in [0.1, 0.15) is 5.56 Å². The van der Waals surface area contributed by atoms with E-state index in [1.165, 1.54) is 0 Å². The first-order valence-corrected chi connectivity index (χ1v) is 10.8. The van der Waals surface area contributed by atoms with Gasteiger partial charge < -0.3 is 20.7 Å². The number of aromatic hydroxyl groups is 1. The highest BCUT2D eigenvalue weighted by molar-refractivity contribution is 14.1. The molecule has 0 heterocycles. The van der Waals surface area contributed by atoms with E-state index in [4.69, 9.17) is 15.6 Å². The van der Waals surface area contributed by atoms with Gasteiger partial charge in [0.1, 0.15) is 17.5 Å². The zero-order valence-corrected chi connectivity index (χ0v) is 20.5. The zero-order chi connectivity index (χ0) is 18.0. The van der Waals surface area contributed by atoms with E-state index in [-0.39, 0.29) is 12.2 Å². The van der Waals surface area contributed by atoms with Gasteiger partial charge >= 0.3 is 5.97 Å². The molecule has 2 aromatic rings. The molecular formula is C15H11I4NO4. The Kier molecular flexibility index (Phi) is 7.64. The van der Waals surface area contributed by atoms with E-state index in [1.54, 1.807) is 12.1 Å². The minimum absolute atomic E-state index is 0.183. The maximum Gasteiger partial charge on any atom is 0.320 e. The molecule has 5 nitrogen and oxygen atoms in total. The van der Waals surface area contributed by atoms with E-state index in [0.717, 1.165) is 16.3 Å². The fraction of sp³-hybridized carbons (Fsp3) is 0.133. The average molecular weight is 777 g/mol. The van der Waals surface area contributed by atoms with Gasteiger partial charge in [0.15, 0.2) is 5.75 Å². The van der Waals surface area contributed by atoms with Crippen LogP contribution in [0.3, 0.4) is 0 Å². The molecule has 4 N–H and O–H groups in total. The SMILES string of the molecule is N[C@@H](Cc1ccc(I)c(Oc2ccc(I)c(O)c2I)c1I)C(=O)O. The van der Waals surface area contributed by atoms with Crippen LogP contribution < -0.4 is 10.5 Å². The Morgan fingerprint density at radius 3 is 2.33 bits per heavy atom. The molecule has 9 heteroatoms. The Bertz CT molecular complexity index is 798. The summed E-state index contributed by atoms with van der Waals surface area (Å²) in [4.78, 5) is 11.0. The van der Waals surface area contributed by atoms with Gasteiger partial charge in [-0.15, -0.1) is 0 Å². The Morgan fingerprint density at radius 2 is 1.71 bits per heavy atom. The van der Waals surface area contributed by atoms with E-state index in [1.807, 2.05) is 34.7 Å². The molecule has 0 saturated heterocycles. The molecule has 2 rings (SSSR count). The lowest BCUT2D eigenvalue weighted by Crippen LogP contribution is -2.32. The van der Waals surface area contributed by atoms with Crippen molar-refractivity contribution in [1.29, 1.82) is 0 Å². The molecular weight excluding hydrogens is 766 g/mol. The third-order valence-electron chi connectivity index (χ3n) is 3.13. The monoisotopic (exact) mass is 777 g/mol. The lowest BCUT2D eigenvalue weighted by atomic mass is 10.1. The fourth-order valence-electron chi connectivity index (χ4n) is 1.86. The van der Waals surface area contributed by atoms with Crippen molar-refractivity contribution >= 4 is 96.3 Å². The maximum atomic E-state index is 11.0. The van der Waals surface area contributed by atoms with Crippen molar-refractivity contribution in [3.05, 3.63) is 44.1 Å². The van der Waals surface area contributed by atoms with Gasteiger partial charge in [-0.1, -0.05) is 6.07 Å². The lowest BCUT2D eigenvalue weighted by Gasteiger charge is -2.16. The van der Waals surface area contributed by atoms with Gasteiger partial charge in [0, 0.05) is 0 Å². The molecule has 2 aromatic carbocycles. The van der Waals surface area contributed by atoms with Crippen LogP contribution in [0.15, 0.2) is 24.3 Å². The number of phenols is 1. The van der Waals surface area contributed by atoms with E-state index in [0.29, 0.717) is 15.1 Å². The predicted molar refractivity (Wildman–Crippen MR) is 125 cm³/mol. The van der Waals surface area contributed by atoms with Crippen molar-refractivity contribution in [2.75, 3.05) is 0 Å². The summed E-state index contributed by atoms with van der Waals surface area (Å²) in [6, 6.07) is 6.33. The minimum Gasteiger partial charge on any atom is -0.506 e. The summed E-state index contributed by atoms with van der Waals surface area (Å²) >= 11 is 8.38. The van der Waals surface area contributed by atoms with Gasteiger partial charge in [0.05, 0.1) is 14.3 Å². The molecule has 0 spiro atoms. The number of carboxylic acid groups (broad SMARTS) is 1. The summed E-state index contributed by atoms with van der Waals surface area (Å²) < 4.78 is 9.08. The first-order chi connectivity index (χ1) is 11.2.